The molecule has 0 radical (unpaired) electrons. The quantitative estimate of drug-likeness (QED) is 0.874. The molecule has 0 aliphatic heterocycles. The number of carbonyl (C=O) groups excluding carboxylic acids is 1. The van der Waals surface area contributed by atoms with Crippen LogP contribution >= 0.6 is 11.6 Å². The van der Waals surface area contributed by atoms with E-state index in [0.29, 0.717) is 12.3 Å². The molecule has 2 rings (SSSR count). The van der Waals surface area contributed by atoms with Gasteiger partial charge in [0.05, 0.1) is 11.0 Å². The third-order valence-electron chi connectivity index (χ3n) is 3.25. The first kappa shape index (κ1) is 13.9. The van der Waals surface area contributed by atoms with Crippen molar-refractivity contribution < 1.29 is 4.79 Å². The summed E-state index contributed by atoms with van der Waals surface area (Å²) in [5.41, 5.74) is 3.04. The van der Waals surface area contributed by atoms with Crippen molar-refractivity contribution in [3.8, 4) is 0 Å². The topological polar surface area (TPSA) is 46.9 Å². The summed E-state index contributed by atoms with van der Waals surface area (Å²) >= 11 is 5.83. The number of halogens is 1. The molecule has 1 atom stereocenters. The van der Waals surface area contributed by atoms with Crippen LogP contribution in [0.1, 0.15) is 24.4 Å². The fourth-order valence-corrected chi connectivity index (χ4v) is 2.44. The van der Waals surface area contributed by atoms with Gasteiger partial charge in [0.15, 0.2) is 0 Å². The molecule has 1 heterocycles. The lowest BCUT2D eigenvalue weighted by atomic mass is 10.2. The molecule has 1 unspecified atom stereocenters. The lowest BCUT2D eigenvalue weighted by molar-refractivity contribution is -0.123. The van der Waals surface area contributed by atoms with Gasteiger partial charge >= 0.3 is 0 Å². The normalized spacial score (nSPS) is 12.6. The highest BCUT2D eigenvalue weighted by Gasteiger charge is 2.20. The number of hydrogen-bond acceptors (Lipinski definition) is 2. The molecule has 0 spiro atoms. The molecular formula is C14H18ClN3O. The standard InChI is InChI=1S/C14H18ClN3O/c1-9-4-5-11-12(8-9)18(10(2)14(19)16-3)13(17-11)6-7-15/h4-5,8,10H,6-7H2,1-3H3,(H,16,19). The van der Waals surface area contributed by atoms with Crippen LogP contribution in [0.25, 0.3) is 11.0 Å². The molecule has 2 aromatic rings. The Kier molecular flexibility index (Phi) is 4.10. The summed E-state index contributed by atoms with van der Waals surface area (Å²) < 4.78 is 1.98. The molecule has 0 saturated heterocycles. The Morgan fingerprint density at radius 1 is 1.53 bits per heavy atom. The zero-order valence-electron chi connectivity index (χ0n) is 11.4. The van der Waals surface area contributed by atoms with Gasteiger partial charge in [0, 0.05) is 19.3 Å². The predicted molar refractivity (Wildman–Crippen MR) is 77.7 cm³/mol. The lowest BCUT2D eigenvalue weighted by Gasteiger charge is -2.16. The maximum Gasteiger partial charge on any atom is 0.242 e. The van der Waals surface area contributed by atoms with E-state index in [0.717, 1.165) is 22.4 Å². The Balaban J connectivity index is 2.62. The molecule has 0 aliphatic carbocycles. The Morgan fingerprint density at radius 2 is 2.26 bits per heavy atom. The fourth-order valence-electron chi connectivity index (χ4n) is 2.27. The van der Waals surface area contributed by atoms with Crippen LogP contribution in [-0.4, -0.2) is 28.4 Å². The van der Waals surface area contributed by atoms with Crippen molar-refractivity contribution in [3.05, 3.63) is 29.6 Å². The van der Waals surface area contributed by atoms with Gasteiger partial charge in [0.1, 0.15) is 11.9 Å². The van der Waals surface area contributed by atoms with Gasteiger partial charge < -0.3 is 9.88 Å². The Hall–Kier alpha value is -1.55. The molecule has 102 valence electrons. The van der Waals surface area contributed by atoms with Crippen molar-refractivity contribution in [1.29, 1.82) is 0 Å². The van der Waals surface area contributed by atoms with Crippen LogP contribution in [-0.2, 0) is 11.2 Å². The van der Waals surface area contributed by atoms with E-state index in [9.17, 15) is 4.79 Å². The Bertz CT molecular complexity index is 606. The van der Waals surface area contributed by atoms with Crippen molar-refractivity contribution in [1.82, 2.24) is 14.9 Å². The van der Waals surface area contributed by atoms with Crippen molar-refractivity contribution in [2.75, 3.05) is 12.9 Å². The predicted octanol–water partition coefficient (Wildman–Crippen LogP) is 2.43. The molecule has 0 saturated carbocycles. The van der Waals surface area contributed by atoms with Crippen molar-refractivity contribution in [3.63, 3.8) is 0 Å². The Morgan fingerprint density at radius 3 is 2.89 bits per heavy atom. The summed E-state index contributed by atoms with van der Waals surface area (Å²) in [4.78, 5) is 16.5. The summed E-state index contributed by atoms with van der Waals surface area (Å²) in [6, 6.07) is 5.76. The number of aromatic nitrogens is 2. The van der Waals surface area contributed by atoms with Crippen LogP contribution in [0, 0.1) is 6.92 Å². The largest absolute Gasteiger partial charge is 0.357 e. The maximum absolute atomic E-state index is 11.9. The second kappa shape index (κ2) is 5.61. The number of rotatable bonds is 4. The van der Waals surface area contributed by atoms with Gasteiger partial charge in [-0.2, -0.15) is 0 Å². The van der Waals surface area contributed by atoms with E-state index in [2.05, 4.69) is 16.4 Å². The number of hydrogen-bond donors (Lipinski definition) is 1. The second-order valence-electron chi connectivity index (χ2n) is 4.62. The minimum Gasteiger partial charge on any atom is -0.357 e. The zero-order valence-corrected chi connectivity index (χ0v) is 12.2. The van der Waals surface area contributed by atoms with E-state index in [4.69, 9.17) is 11.6 Å². The summed E-state index contributed by atoms with van der Waals surface area (Å²) in [7, 11) is 1.64. The number of imidazole rings is 1. The molecular weight excluding hydrogens is 262 g/mol. The molecule has 4 nitrogen and oxygen atoms in total. The molecule has 1 amide bonds. The molecule has 1 N–H and O–H groups in total. The van der Waals surface area contributed by atoms with Gasteiger partial charge in [0.25, 0.3) is 0 Å². The van der Waals surface area contributed by atoms with Gasteiger partial charge in [-0.05, 0) is 31.5 Å². The van der Waals surface area contributed by atoms with E-state index < -0.39 is 0 Å². The SMILES string of the molecule is CNC(=O)C(C)n1c(CCCl)nc2ccc(C)cc21. The molecule has 5 heteroatoms. The number of benzene rings is 1. The number of amides is 1. The molecule has 0 fully saturated rings. The molecule has 0 bridgehead atoms. The van der Waals surface area contributed by atoms with Crippen molar-refractivity contribution in [2.24, 2.45) is 0 Å². The summed E-state index contributed by atoms with van der Waals surface area (Å²) in [6.07, 6.45) is 0.649. The van der Waals surface area contributed by atoms with Crippen LogP contribution in [0.4, 0.5) is 0 Å². The highest BCUT2D eigenvalue weighted by molar-refractivity contribution is 6.17. The van der Waals surface area contributed by atoms with Gasteiger partial charge in [-0.1, -0.05) is 6.07 Å². The van der Waals surface area contributed by atoms with Crippen LogP contribution in [0.2, 0.25) is 0 Å². The van der Waals surface area contributed by atoms with Crippen molar-refractivity contribution in [2.45, 2.75) is 26.3 Å². The second-order valence-corrected chi connectivity index (χ2v) is 5.00. The number of aryl methyl sites for hydroxylation is 2. The molecule has 19 heavy (non-hydrogen) atoms. The Labute approximate surface area is 117 Å². The van der Waals surface area contributed by atoms with E-state index in [1.165, 1.54) is 0 Å². The van der Waals surface area contributed by atoms with Gasteiger partial charge in [-0.3, -0.25) is 4.79 Å². The summed E-state index contributed by atoms with van der Waals surface area (Å²) in [5.74, 6) is 1.31. The number of carbonyl (C=O) groups is 1. The van der Waals surface area contributed by atoms with E-state index in [1.807, 2.05) is 30.5 Å². The monoisotopic (exact) mass is 279 g/mol. The van der Waals surface area contributed by atoms with Crippen LogP contribution < -0.4 is 5.32 Å². The van der Waals surface area contributed by atoms with Gasteiger partial charge in [-0.15, -0.1) is 11.6 Å². The maximum atomic E-state index is 11.9. The van der Waals surface area contributed by atoms with Crippen LogP contribution in [0.15, 0.2) is 18.2 Å². The number of nitrogens with zero attached hydrogens (tertiary/aromatic N) is 2. The third-order valence-corrected chi connectivity index (χ3v) is 3.44. The number of alkyl halides is 1. The highest BCUT2D eigenvalue weighted by Crippen LogP contribution is 2.23. The lowest BCUT2D eigenvalue weighted by Crippen LogP contribution is -2.28. The van der Waals surface area contributed by atoms with E-state index in [1.54, 1.807) is 7.05 Å². The smallest absolute Gasteiger partial charge is 0.242 e. The van der Waals surface area contributed by atoms with E-state index in [-0.39, 0.29) is 11.9 Å². The van der Waals surface area contributed by atoms with Gasteiger partial charge in [-0.25, -0.2) is 4.98 Å². The van der Waals surface area contributed by atoms with Gasteiger partial charge in [0.2, 0.25) is 5.91 Å². The molecule has 1 aromatic heterocycles. The average Bonchev–Trinajstić information content (AvgIpc) is 2.74. The highest BCUT2D eigenvalue weighted by atomic mass is 35.5. The van der Waals surface area contributed by atoms with Crippen LogP contribution in [0.3, 0.4) is 0 Å². The van der Waals surface area contributed by atoms with Crippen LogP contribution in [0.5, 0.6) is 0 Å². The fraction of sp³-hybridized carbons (Fsp3) is 0.429. The third kappa shape index (κ3) is 2.59. The summed E-state index contributed by atoms with van der Waals surface area (Å²) in [6.45, 7) is 3.91. The first-order valence-corrected chi connectivity index (χ1v) is 6.87. The molecule has 1 aromatic carbocycles. The minimum absolute atomic E-state index is 0.0309. The number of nitrogens with one attached hydrogen (secondary N) is 1. The zero-order chi connectivity index (χ0) is 14.0. The van der Waals surface area contributed by atoms with Crippen molar-refractivity contribution >= 4 is 28.5 Å². The average molecular weight is 280 g/mol. The molecule has 0 aliphatic rings. The number of fused-ring (bicyclic) bond motifs is 1. The number of likely N-dealkylation sites (N-methyl/N-ethyl adjacent to an activating group) is 1. The minimum atomic E-state index is -0.296. The first-order valence-electron chi connectivity index (χ1n) is 6.33. The van der Waals surface area contributed by atoms with E-state index >= 15 is 0 Å². The summed E-state index contributed by atoms with van der Waals surface area (Å²) in [5, 5.41) is 2.68. The first-order chi connectivity index (χ1) is 9.08.